The molecular weight excluding hydrogens is 282 g/mol. The molecule has 0 spiro atoms. The molecule has 1 aliphatic rings. The zero-order valence-corrected chi connectivity index (χ0v) is 13.1. The first kappa shape index (κ1) is 16.3. The Balaban J connectivity index is 1.98. The Hall–Kier alpha value is -2.08. The van der Waals surface area contributed by atoms with Gasteiger partial charge >= 0.3 is 6.03 Å². The molecule has 6 heteroatoms. The molecule has 0 bridgehead atoms. The van der Waals surface area contributed by atoms with E-state index in [1.807, 2.05) is 37.3 Å². The van der Waals surface area contributed by atoms with Crippen molar-refractivity contribution >= 4 is 11.9 Å². The second-order valence-corrected chi connectivity index (χ2v) is 5.26. The van der Waals surface area contributed by atoms with E-state index in [9.17, 15) is 9.59 Å². The highest BCUT2D eigenvalue weighted by molar-refractivity contribution is 5.84. The first-order valence-corrected chi connectivity index (χ1v) is 7.54. The van der Waals surface area contributed by atoms with Crippen LogP contribution in [0.25, 0.3) is 0 Å². The number of amides is 3. The second-order valence-electron chi connectivity index (χ2n) is 5.26. The van der Waals surface area contributed by atoms with Gasteiger partial charge in [-0.3, -0.25) is 4.79 Å². The molecule has 1 saturated heterocycles. The second kappa shape index (κ2) is 7.79. The molecule has 0 saturated carbocycles. The van der Waals surface area contributed by atoms with E-state index in [4.69, 9.17) is 4.74 Å². The Bertz CT molecular complexity index is 507. The van der Waals surface area contributed by atoms with E-state index in [0.717, 1.165) is 5.56 Å². The quantitative estimate of drug-likeness (QED) is 0.910. The lowest BCUT2D eigenvalue weighted by atomic mass is 10.1. The third-order valence-electron chi connectivity index (χ3n) is 3.86. The molecule has 0 radical (unpaired) electrons. The summed E-state index contributed by atoms with van der Waals surface area (Å²) in [5.41, 5.74) is 1.04. The van der Waals surface area contributed by atoms with Crippen molar-refractivity contribution in [1.29, 1.82) is 0 Å². The van der Waals surface area contributed by atoms with Gasteiger partial charge in [-0.05, 0) is 12.5 Å². The Kier molecular flexibility index (Phi) is 5.77. The fourth-order valence-electron chi connectivity index (χ4n) is 2.36. The summed E-state index contributed by atoms with van der Waals surface area (Å²) < 4.78 is 5.50. The first-order chi connectivity index (χ1) is 10.6. The molecule has 1 aromatic carbocycles. The summed E-state index contributed by atoms with van der Waals surface area (Å²) in [6, 6.07) is 9.45. The van der Waals surface area contributed by atoms with Gasteiger partial charge in [0.15, 0.2) is 0 Å². The van der Waals surface area contributed by atoms with Crippen LogP contribution in [0, 0.1) is 0 Å². The standard InChI is InChI=1S/C16H23N3O3/c1-3-18(2)15(20)11-17-16(21)19-9-10-22-12-14(19)13-7-5-4-6-8-13/h4-8,14H,3,9-12H2,1-2H3,(H,17,21)/t14-/m1/s1. The maximum absolute atomic E-state index is 12.4. The summed E-state index contributed by atoms with van der Waals surface area (Å²) in [5, 5.41) is 2.71. The minimum atomic E-state index is -0.227. The molecule has 0 aliphatic carbocycles. The molecule has 1 aromatic rings. The molecule has 1 N–H and O–H groups in total. The van der Waals surface area contributed by atoms with Gasteiger partial charge < -0.3 is 19.9 Å². The number of benzene rings is 1. The number of morpholine rings is 1. The van der Waals surface area contributed by atoms with Crippen molar-refractivity contribution in [2.24, 2.45) is 0 Å². The summed E-state index contributed by atoms with van der Waals surface area (Å²) >= 11 is 0. The predicted molar refractivity (Wildman–Crippen MR) is 83.4 cm³/mol. The predicted octanol–water partition coefficient (Wildman–Crippen LogP) is 1.25. The number of urea groups is 1. The number of nitrogens with zero attached hydrogens (tertiary/aromatic N) is 2. The van der Waals surface area contributed by atoms with Gasteiger partial charge in [-0.15, -0.1) is 0 Å². The highest BCUT2D eigenvalue weighted by Crippen LogP contribution is 2.23. The van der Waals surface area contributed by atoms with Crippen LogP contribution in [0.2, 0.25) is 0 Å². The zero-order valence-electron chi connectivity index (χ0n) is 13.1. The molecule has 6 nitrogen and oxygen atoms in total. The summed E-state index contributed by atoms with van der Waals surface area (Å²) in [6.07, 6.45) is 0. The number of carbonyl (C=O) groups is 2. The van der Waals surface area contributed by atoms with E-state index in [1.54, 1.807) is 16.8 Å². The molecule has 120 valence electrons. The number of hydrogen-bond donors (Lipinski definition) is 1. The number of nitrogens with one attached hydrogen (secondary N) is 1. The summed E-state index contributed by atoms with van der Waals surface area (Å²) in [6.45, 7) is 4.04. The lowest BCUT2D eigenvalue weighted by Gasteiger charge is -2.35. The van der Waals surface area contributed by atoms with Gasteiger partial charge in [0.25, 0.3) is 0 Å². The molecule has 1 heterocycles. The SMILES string of the molecule is CCN(C)C(=O)CNC(=O)N1CCOC[C@@H]1c1ccccc1. The van der Waals surface area contributed by atoms with E-state index in [2.05, 4.69) is 5.32 Å². The monoisotopic (exact) mass is 305 g/mol. The molecule has 22 heavy (non-hydrogen) atoms. The van der Waals surface area contributed by atoms with Crippen LogP contribution in [0.1, 0.15) is 18.5 Å². The molecule has 1 aliphatic heterocycles. The zero-order chi connectivity index (χ0) is 15.9. The van der Waals surface area contributed by atoms with Crippen molar-refractivity contribution in [3.05, 3.63) is 35.9 Å². The molecule has 1 atom stereocenters. The lowest BCUT2D eigenvalue weighted by molar-refractivity contribution is -0.128. The average Bonchev–Trinajstić information content (AvgIpc) is 2.59. The summed E-state index contributed by atoms with van der Waals surface area (Å²) in [7, 11) is 1.72. The number of carbonyl (C=O) groups excluding carboxylic acids is 2. The highest BCUT2D eigenvalue weighted by Gasteiger charge is 2.28. The van der Waals surface area contributed by atoms with Crippen molar-refractivity contribution in [2.75, 3.05) is 39.9 Å². The first-order valence-electron chi connectivity index (χ1n) is 7.54. The topological polar surface area (TPSA) is 61.9 Å². The molecule has 0 unspecified atom stereocenters. The summed E-state index contributed by atoms with van der Waals surface area (Å²) in [4.78, 5) is 27.5. The highest BCUT2D eigenvalue weighted by atomic mass is 16.5. The third-order valence-corrected chi connectivity index (χ3v) is 3.86. The van der Waals surface area contributed by atoms with Gasteiger partial charge in [0.05, 0.1) is 25.8 Å². The third kappa shape index (κ3) is 3.98. The van der Waals surface area contributed by atoms with Crippen molar-refractivity contribution in [1.82, 2.24) is 15.1 Å². The van der Waals surface area contributed by atoms with Gasteiger partial charge in [0.1, 0.15) is 0 Å². The average molecular weight is 305 g/mol. The van der Waals surface area contributed by atoms with E-state index in [0.29, 0.717) is 26.3 Å². The normalized spacial score (nSPS) is 17.9. The van der Waals surface area contributed by atoms with Gasteiger partial charge in [-0.25, -0.2) is 4.79 Å². The molecular formula is C16H23N3O3. The lowest BCUT2D eigenvalue weighted by Crippen LogP contribution is -2.50. The van der Waals surface area contributed by atoms with Crippen LogP contribution in [0.5, 0.6) is 0 Å². The molecule has 2 rings (SSSR count). The smallest absolute Gasteiger partial charge is 0.318 e. The molecule has 1 fully saturated rings. The number of hydrogen-bond acceptors (Lipinski definition) is 3. The van der Waals surface area contributed by atoms with E-state index in [-0.39, 0.29) is 24.5 Å². The van der Waals surface area contributed by atoms with Crippen LogP contribution in [0.3, 0.4) is 0 Å². The van der Waals surface area contributed by atoms with Gasteiger partial charge in [-0.1, -0.05) is 30.3 Å². The minimum Gasteiger partial charge on any atom is -0.377 e. The van der Waals surface area contributed by atoms with Crippen molar-refractivity contribution in [3.63, 3.8) is 0 Å². The van der Waals surface area contributed by atoms with Crippen LogP contribution in [0.4, 0.5) is 4.79 Å². The van der Waals surface area contributed by atoms with Crippen molar-refractivity contribution in [2.45, 2.75) is 13.0 Å². The van der Waals surface area contributed by atoms with Crippen LogP contribution in [-0.4, -0.2) is 61.6 Å². The number of ether oxygens (including phenoxy) is 1. The van der Waals surface area contributed by atoms with Gasteiger partial charge in [0, 0.05) is 20.1 Å². The van der Waals surface area contributed by atoms with Gasteiger partial charge in [-0.2, -0.15) is 0 Å². The maximum atomic E-state index is 12.4. The summed E-state index contributed by atoms with van der Waals surface area (Å²) in [5.74, 6) is -0.0969. The molecule has 0 aromatic heterocycles. The van der Waals surface area contributed by atoms with Gasteiger partial charge in [0.2, 0.25) is 5.91 Å². The van der Waals surface area contributed by atoms with Crippen molar-refractivity contribution < 1.29 is 14.3 Å². The fraction of sp³-hybridized carbons (Fsp3) is 0.500. The van der Waals surface area contributed by atoms with Crippen LogP contribution in [-0.2, 0) is 9.53 Å². The number of likely N-dealkylation sites (N-methyl/N-ethyl adjacent to an activating group) is 1. The Labute approximate surface area is 131 Å². The van der Waals surface area contributed by atoms with Crippen LogP contribution >= 0.6 is 0 Å². The van der Waals surface area contributed by atoms with Crippen LogP contribution < -0.4 is 5.32 Å². The molecule has 3 amide bonds. The van der Waals surface area contributed by atoms with E-state index >= 15 is 0 Å². The van der Waals surface area contributed by atoms with Crippen LogP contribution in [0.15, 0.2) is 30.3 Å². The van der Waals surface area contributed by atoms with E-state index in [1.165, 1.54) is 0 Å². The maximum Gasteiger partial charge on any atom is 0.318 e. The Morgan fingerprint density at radius 3 is 2.77 bits per heavy atom. The van der Waals surface area contributed by atoms with E-state index < -0.39 is 0 Å². The van der Waals surface area contributed by atoms with Crippen molar-refractivity contribution in [3.8, 4) is 0 Å². The largest absolute Gasteiger partial charge is 0.377 e. The Morgan fingerprint density at radius 1 is 1.36 bits per heavy atom. The minimum absolute atomic E-state index is 0.0159. The fourth-order valence-corrected chi connectivity index (χ4v) is 2.36. The Morgan fingerprint density at radius 2 is 2.09 bits per heavy atom. The number of rotatable bonds is 4.